The van der Waals surface area contributed by atoms with Crippen molar-refractivity contribution in [3.63, 3.8) is 0 Å². The monoisotopic (exact) mass is 396 g/mol. The summed E-state index contributed by atoms with van der Waals surface area (Å²) in [7, 11) is 0. The molecule has 4 rings (SSSR count). The van der Waals surface area contributed by atoms with Crippen molar-refractivity contribution in [2.24, 2.45) is 0 Å². The summed E-state index contributed by atoms with van der Waals surface area (Å²) in [5.41, 5.74) is 1.48. The van der Waals surface area contributed by atoms with Crippen LogP contribution in [0.2, 0.25) is 0 Å². The summed E-state index contributed by atoms with van der Waals surface area (Å²) in [5, 5.41) is 9.45. The molecule has 0 spiro atoms. The fourth-order valence-electron chi connectivity index (χ4n) is 3.32. The number of hydrogen-bond acceptors (Lipinski definition) is 5. The maximum absolute atomic E-state index is 13.1. The molecule has 1 fully saturated rings. The summed E-state index contributed by atoms with van der Waals surface area (Å²) in [6.07, 6.45) is 2.43. The van der Waals surface area contributed by atoms with Crippen molar-refractivity contribution < 1.29 is 9.18 Å². The molecule has 0 saturated carbocycles. The molecular weight excluding hydrogens is 375 g/mol. The SMILES string of the molecule is O=C(CSc1nnc(CN2CCCC2)n1-c1ccccc1)c1ccc(F)cc1. The Morgan fingerprint density at radius 3 is 2.43 bits per heavy atom. The normalized spacial score (nSPS) is 14.5. The highest BCUT2D eigenvalue weighted by Gasteiger charge is 2.20. The predicted molar refractivity (Wildman–Crippen MR) is 107 cm³/mol. The molecule has 0 atom stereocenters. The van der Waals surface area contributed by atoms with Crippen molar-refractivity contribution in [3.05, 3.63) is 71.8 Å². The molecule has 0 N–H and O–H groups in total. The van der Waals surface area contributed by atoms with Crippen LogP contribution in [0.5, 0.6) is 0 Å². The van der Waals surface area contributed by atoms with Gasteiger partial charge in [0.2, 0.25) is 0 Å². The van der Waals surface area contributed by atoms with E-state index in [0.717, 1.165) is 31.1 Å². The third-order valence-corrected chi connectivity index (χ3v) is 5.71. The van der Waals surface area contributed by atoms with Gasteiger partial charge in [-0.15, -0.1) is 10.2 Å². The van der Waals surface area contributed by atoms with E-state index in [1.54, 1.807) is 0 Å². The molecule has 144 valence electrons. The van der Waals surface area contributed by atoms with Crippen LogP contribution in [0.15, 0.2) is 59.8 Å². The van der Waals surface area contributed by atoms with Crippen LogP contribution in [0.4, 0.5) is 4.39 Å². The summed E-state index contributed by atoms with van der Waals surface area (Å²) in [4.78, 5) is 14.8. The third kappa shape index (κ3) is 4.31. The number of thioether (sulfide) groups is 1. The number of carbonyl (C=O) groups excluding carboxylic acids is 1. The zero-order chi connectivity index (χ0) is 19.3. The van der Waals surface area contributed by atoms with Gasteiger partial charge in [0, 0.05) is 11.3 Å². The molecule has 0 radical (unpaired) electrons. The molecule has 1 aliphatic heterocycles. The topological polar surface area (TPSA) is 51.0 Å². The van der Waals surface area contributed by atoms with Gasteiger partial charge >= 0.3 is 0 Å². The van der Waals surface area contributed by atoms with Crippen molar-refractivity contribution in [1.82, 2.24) is 19.7 Å². The molecule has 1 saturated heterocycles. The van der Waals surface area contributed by atoms with Crippen molar-refractivity contribution >= 4 is 17.5 Å². The van der Waals surface area contributed by atoms with Gasteiger partial charge in [0.15, 0.2) is 16.8 Å². The summed E-state index contributed by atoms with van der Waals surface area (Å²) in [6.45, 7) is 2.90. The van der Waals surface area contributed by atoms with Crippen LogP contribution in [0, 0.1) is 5.82 Å². The van der Waals surface area contributed by atoms with Gasteiger partial charge in [-0.1, -0.05) is 30.0 Å². The number of likely N-dealkylation sites (tertiary alicyclic amines) is 1. The third-order valence-electron chi connectivity index (χ3n) is 4.78. The van der Waals surface area contributed by atoms with E-state index in [1.165, 1.54) is 48.9 Å². The van der Waals surface area contributed by atoms with Gasteiger partial charge in [-0.2, -0.15) is 0 Å². The van der Waals surface area contributed by atoms with Crippen LogP contribution in [0.1, 0.15) is 29.0 Å². The van der Waals surface area contributed by atoms with Gasteiger partial charge < -0.3 is 0 Å². The Morgan fingerprint density at radius 1 is 1.00 bits per heavy atom. The first-order valence-electron chi connectivity index (χ1n) is 9.34. The number of hydrogen-bond donors (Lipinski definition) is 0. The second kappa shape index (κ2) is 8.67. The largest absolute Gasteiger partial charge is 0.296 e. The molecule has 28 heavy (non-hydrogen) atoms. The Morgan fingerprint density at radius 2 is 1.71 bits per heavy atom. The molecule has 2 heterocycles. The maximum atomic E-state index is 13.1. The van der Waals surface area contributed by atoms with Gasteiger partial charge in [-0.25, -0.2) is 4.39 Å². The first-order chi connectivity index (χ1) is 13.7. The van der Waals surface area contributed by atoms with E-state index in [1.807, 2.05) is 34.9 Å². The first kappa shape index (κ1) is 18.8. The molecule has 2 aromatic carbocycles. The number of ketones is 1. The van der Waals surface area contributed by atoms with Crippen LogP contribution in [-0.4, -0.2) is 44.3 Å². The number of aromatic nitrogens is 3. The Labute approximate surface area is 167 Å². The fourth-order valence-corrected chi connectivity index (χ4v) is 4.19. The Balaban J connectivity index is 1.55. The number of para-hydroxylation sites is 1. The van der Waals surface area contributed by atoms with Gasteiger partial charge in [0.1, 0.15) is 5.82 Å². The lowest BCUT2D eigenvalue weighted by atomic mass is 10.1. The predicted octanol–water partition coefficient (Wildman–Crippen LogP) is 3.98. The second-order valence-corrected chi connectivity index (χ2v) is 7.71. The fraction of sp³-hybridized carbons (Fsp3) is 0.286. The van der Waals surface area contributed by atoms with Gasteiger partial charge in [-0.05, 0) is 62.3 Å². The number of rotatable bonds is 7. The van der Waals surface area contributed by atoms with Crippen LogP contribution >= 0.6 is 11.8 Å². The Bertz CT molecular complexity index is 937. The molecule has 0 aliphatic carbocycles. The van der Waals surface area contributed by atoms with E-state index in [9.17, 15) is 9.18 Å². The molecule has 0 amide bonds. The molecule has 1 aliphatic rings. The molecule has 0 unspecified atom stereocenters. The average molecular weight is 396 g/mol. The molecule has 3 aromatic rings. The number of halogens is 1. The summed E-state index contributed by atoms with van der Waals surface area (Å²) in [5.74, 6) is 0.693. The van der Waals surface area contributed by atoms with E-state index in [4.69, 9.17) is 0 Å². The number of Topliss-reactive ketones (excluding diaryl/α,β-unsaturated/α-hetero) is 1. The number of carbonyl (C=O) groups is 1. The summed E-state index contributed by atoms with van der Waals surface area (Å²) >= 11 is 1.36. The van der Waals surface area contributed by atoms with Crippen molar-refractivity contribution in [3.8, 4) is 5.69 Å². The van der Waals surface area contributed by atoms with Crippen molar-refractivity contribution in [2.75, 3.05) is 18.8 Å². The minimum Gasteiger partial charge on any atom is -0.296 e. The highest BCUT2D eigenvalue weighted by Crippen LogP contribution is 2.24. The highest BCUT2D eigenvalue weighted by atomic mass is 32.2. The van der Waals surface area contributed by atoms with Gasteiger partial charge in [-0.3, -0.25) is 14.3 Å². The highest BCUT2D eigenvalue weighted by molar-refractivity contribution is 7.99. The van der Waals surface area contributed by atoms with E-state index in [2.05, 4.69) is 15.1 Å². The lowest BCUT2D eigenvalue weighted by Gasteiger charge is -2.15. The van der Waals surface area contributed by atoms with Crippen LogP contribution in [0.25, 0.3) is 5.69 Å². The summed E-state index contributed by atoms with van der Waals surface area (Å²) < 4.78 is 15.1. The zero-order valence-corrected chi connectivity index (χ0v) is 16.2. The van der Waals surface area contributed by atoms with E-state index in [0.29, 0.717) is 10.7 Å². The summed E-state index contributed by atoms with van der Waals surface area (Å²) in [6, 6.07) is 15.6. The lowest BCUT2D eigenvalue weighted by molar-refractivity contribution is 0.102. The Hall–Kier alpha value is -2.51. The molecule has 1 aromatic heterocycles. The van der Waals surface area contributed by atoms with Crippen molar-refractivity contribution in [1.29, 1.82) is 0 Å². The van der Waals surface area contributed by atoms with Gasteiger partial charge in [0.25, 0.3) is 0 Å². The standard InChI is InChI=1S/C21H21FN4OS/c22-17-10-8-16(9-11-17)19(27)15-28-21-24-23-20(14-25-12-4-5-13-25)26(21)18-6-2-1-3-7-18/h1-3,6-11H,4-5,12-15H2. The van der Waals surface area contributed by atoms with Gasteiger partial charge in [0.05, 0.1) is 12.3 Å². The smallest absolute Gasteiger partial charge is 0.196 e. The lowest BCUT2D eigenvalue weighted by Crippen LogP contribution is -2.21. The quantitative estimate of drug-likeness (QED) is 0.447. The maximum Gasteiger partial charge on any atom is 0.196 e. The van der Waals surface area contributed by atoms with E-state index < -0.39 is 0 Å². The Kier molecular flexibility index (Phi) is 5.83. The minimum atomic E-state index is -0.348. The molecule has 7 heteroatoms. The first-order valence-corrected chi connectivity index (χ1v) is 10.3. The zero-order valence-electron chi connectivity index (χ0n) is 15.4. The molecule has 5 nitrogen and oxygen atoms in total. The van der Waals surface area contributed by atoms with E-state index in [-0.39, 0.29) is 17.4 Å². The van der Waals surface area contributed by atoms with E-state index >= 15 is 0 Å². The number of benzene rings is 2. The van der Waals surface area contributed by atoms with Crippen LogP contribution in [0.3, 0.4) is 0 Å². The molecular formula is C21H21FN4OS. The molecule has 0 bridgehead atoms. The number of nitrogens with zero attached hydrogens (tertiary/aromatic N) is 4. The van der Waals surface area contributed by atoms with Crippen molar-refractivity contribution in [2.45, 2.75) is 24.5 Å². The second-order valence-electron chi connectivity index (χ2n) is 6.77. The minimum absolute atomic E-state index is 0.0614. The van der Waals surface area contributed by atoms with Crippen LogP contribution < -0.4 is 0 Å². The average Bonchev–Trinajstić information content (AvgIpc) is 3.37. The van der Waals surface area contributed by atoms with Crippen LogP contribution in [-0.2, 0) is 6.54 Å².